The van der Waals surface area contributed by atoms with Crippen molar-refractivity contribution in [2.24, 2.45) is 0 Å². The summed E-state index contributed by atoms with van der Waals surface area (Å²) in [5.74, 6) is 0. The molecule has 0 aliphatic rings. The van der Waals surface area contributed by atoms with Gasteiger partial charge in [0, 0.05) is 82.1 Å². The minimum Gasteiger partial charge on any atom is -0.455 e. The third-order valence-electron chi connectivity index (χ3n) is 16.2. The summed E-state index contributed by atoms with van der Waals surface area (Å²) < 4.78 is 21.3. The predicted molar refractivity (Wildman–Crippen MR) is 320 cm³/mol. The van der Waals surface area contributed by atoms with Gasteiger partial charge in [-0.05, 0) is 119 Å². The molecule has 0 saturated heterocycles. The van der Waals surface area contributed by atoms with E-state index >= 15 is 0 Å². The molecule has 12 aromatic carbocycles. The highest BCUT2D eigenvalue weighted by Gasteiger charge is 2.23. The quantitative estimate of drug-likeness (QED) is 0.167. The SMILES string of the molecule is c1cc(-c2cc(-c3ccccc3-c3cccc4c3oc3ccc(-n5c6ccccc6c6ccccc65)cc34)c3oc4ccc(-n5c6ccccc6c6ccccc65)cc4c3c2)cc(-n2c3ccccc3c3ccccc32)c1. The molecule has 0 radical (unpaired) electrons. The van der Waals surface area contributed by atoms with Gasteiger partial charge in [0.2, 0.25) is 0 Å². The van der Waals surface area contributed by atoms with Gasteiger partial charge in [0.25, 0.3) is 0 Å². The van der Waals surface area contributed by atoms with Gasteiger partial charge in [-0.15, -0.1) is 0 Å². The van der Waals surface area contributed by atoms with Gasteiger partial charge in [-0.1, -0.05) is 164 Å². The topological polar surface area (TPSA) is 41.1 Å². The number of furan rings is 2. The molecular formula is C72H43N3O2. The van der Waals surface area contributed by atoms with E-state index in [0.29, 0.717) is 0 Å². The van der Waals surface area contributed by atoms with Crippen LogP contribution in [0.3, 0.4) is 0 Å². The molecule has 0 unspecified atom stereocenters. The molecule has 5 aromatic heterocycles. The van der Waals surface area contributed by atoms with Gasteiger partial charge in [-0.25, -0.2) is 0 Å². The second kappa shape index (κ2) is 16.1. The van der Waals surface area contributed by atoms with Crippen molar-refractivity contribution in [1.29, 1.82) is 0 Å². The van der Waals surface area contributed by atoms with E-state index in [9.17, 15) is 0 Å². The van der Waals surface area contributed by atoms with Crippen LogP contribution in [0.4, 0.5) is 0 Å². The Morgan fingerprint density at radius 3 is 1.05 bits per heavy atom. The van der Waals surface area contributed by atoms with Crippen LogP contribution in [0.15, 0.2) is 270 Å². The van der Waals surface area contributed by atoms with Crippen LogP contribution >= 0.6 is 0 Å². The number of aromatic nitrogens is 3. The van der Waals surface area contributed by atoms with E-state index in [4.69, 9.17) is 8.83 Å². The van der Waals surface area contributed by atoms with Crippen molar-refractivity contribution in [3.8, 4) is 50.4 Å². The van der Waals surface area contributed by atoms with E-state index in [1.165, 1.54) is 65.4 Å². The number of hydrogen-bond acceptors (Lipinski definition) is 2. The summed E-state index contributed by atoms with van der Waals surface area (Å²) in [6.07, 6.45) is 0. The molecule has 358 valence electrons. The Balaban J connectivity index is 0.888. The van der Waals surface area contributed by atoms with Crippen molar-refractivity contribution in [3.05, 3.63) is 261 Å². The van der Waals surface area contributed by atoms with E-state index in [-0.39, 0.29) is 0 Å². The zero-order valence-corrected chi connectivity index (χ0v) is 41.5. The Bertz CT molecular complexity index is 5150. The van der Waals surface area contributed by atoms with Gasteiger partial charge < -0.3 is 22.5 Å². The van der Waals surface area contributed by atoms with Crippen molar-refractivity contribution in [3.63, 3.8) is 0 Å². The molecule has 5 heteroatoms. The monoisotopic (exact) mass is 981 g/mol. The van der Waals surface area contributed by atoms with Crippen LogP contribution in [-0.4, -0.2) is 13.7 Å². The molecule has 0 amide bonds. The van der Waals surface area contributed by atoms with Crippen molar-refractivity contribution in [2.45, 2.75) is 0 Å². The first-order chi connectivity index (χ1) is 38.2. The average Bonchev–Trinajstić information content (AvgIpc) is 4.35. The highest BCUT2D eigenvalue weighted by molar-refractivity contribution is 6.17. The van der Waals surface area contributed by atoms with Crippen LogP contribution in [0.1, 0.15) is 0 Å². The molecule has 0 N–H and O–H groups in total. The lowest BCUT2D eigenvalue weighted by molar-refractivity contribution is 0.669. The molecule has 17 aromatic rings. The van der Waals surface area contributed by atoms with Gasteiger partial charge in [-0.3, -0.25) is 0 Å². The summed E-state index contributed by atoms with van der Waals surface area (Å²) in [5.41, 5.74) is 20.0. The molecule has 0 aliphatic heterocycles. The fraction of sp³-hybridized carbons (Fsp3) is 0. The van der Waals surface area contributed by atoms with Crippen LogP contribution in [0.5, 0.6) is 0 Å². The lowest BCUT2D eigenvalue weighted by Crippen LogP contribution is -1.94. The van der Waals surface area contributed by atoms with Gasteiger partial charge >= 0.3 is 0 Å². The van der Waals surface area contributed by atoms with Crippen LogP contribution in [0.2, 0.25) is 0 Å². The van der Waals surface area contributed by atoms with Gasteiger partial charge in [-0.2, -0.15) is 0 Å². The van der Waals surface area contributed by atoms with Crippen LogP contribution in [0, 0.1) is 0 Å². The lowest BCUT2D eigenvalue weighted by Gasteiger charge is -2.14. The molecule has 0 aliphatic carbocycles. The Kier molecular flexibility index (Phi) is 8.77. The third kappa shape index (κ3) is 6.11. The summed E-state index contributed by atoms with van der Waals surface area (Å²) in [7, 11) is 0. The Morgan fingerprint density at radius 2 is 0.571 bits per heavy atom. The summed E-state index contributed by atoms with van der Waals surface area (Å²) in [4.78, 5) is 0. The van der Waals surface area contributed by atoms with Crippen LogP contribution in [-0.2, 0) is 0 Å². The third-order valence-corrected chi connectivity index (χ3v) is 16.2. The largest absolute Gasteiger partial charge is 0.455 e. The molecule has 5 nitrogen and oxygen atoms in total. The first-order valence-electron chi connectivity index (χ1n) is 26.3. The van der Waals surface area contributed by atoms with Crippen molar-refractivity contribution in [2.75, 3.05) is 0 Å². The van der Waals surface area contributed by atoms with E-state index < -0.39 is 0 Å². The van der Waals surface area contributed by atoms with Gasteiger partial charge in [0.1, 0.15) is 22.3 Å². The maximum atomic E-state index is 7.15. The Morgan fingerprint density at radius 1 is 0.208 bits per heavy atom. The summed E-state index contributed by atoms with van der Waals surface area (Å²) in [5, 5.41) is 11.6. The number of hydrogen-bond donors (Lipinski definition) is 0. The summed E-state index contributed by atoms with van der Waals surface area (Å²) in [6.45, 7) is 0. The first kappa shape index (κ1) is 42.0. The Labute approximate surface area is 440 Å². The fourth-order valence-corrected chi connectivity index (χ4v) is 12.9. The standard InChI is InChI=1S/C72H43N3O2/c1-2-20-50(49(19-1)57-27-16-28-58-59-42-47(35-37-69(59)76-71(57)58)74-65-31-11-5-23-53(65)54-24-6-12-32-66(54)74)61-40-45(44-17-15-18-46(39-44)73-63-29-9-3-21-51(63)52-22-4-10-30-64(52)73)41-62-60-43-48(36-38-70(60)77-72(61)62)75-67-33-13-7-25-55(67)56-26-8-14-34-68(56)75/h1-43H. The van der Waals surface area contributed by atoms with Crippen molar-refractivity contribution >= 4 is 109 Å². The molecule has 77 heavy (non-hydrogen) atoms. The fourth-order valence-electron chi connectivity index (χ4n) is 12.9. The molecule has 0 bridgehead atoms. The number of fused-ring (bicyclic) bond motifs is 15. The van der Waals surface area contributed by atoms with Crippen molar-refractivity contribution < 1.29 is 8.83 Å². The molecule has 0 spiro atoms. The van der Waals surface area contributed by atoms with E-state index in [1.54, 1.807) is 0 Å². The maximum absolute atomic E-state index is 7.15. The maximum Gasteiger partial charge on any atom is 0.143 e. The second-order valence-electron chi connectivity index (χ2n) is 20.4. The average molecular weight is 982 g/mol. The zero-order chi connectivity index (χ0) is 50.3. The normalized spacial score (nSPS) is 12.2. The number of para-hydroxylation sites is 7. The van der Waals surface area contributed by atoms with E-state index in [2.05, 4.69) is 275 Å². The molecular weight excluding hydrogens is 939 g/mol. The Hall–Kier alpha value is -10.4. The number of nitrogens with zero attached hydrogens (tertiary/aromatic N) is 3. The highest BCUT2D eigenvalue weighted by atomic mass is 16.3. The minimum absolute atomic E-state index is 0.831. The zero-order valence-electron chi connectivity index (χ0n) is 41.5. The van der Waals surface area contributed by atoms with Crippen molar-refractivity contribution in [1.82, 2.24) is 13.7 Å². The summed E-state index contributed by atoms with van der Waals surface area (Å²) in [6, 6.07) is 94.4. The smallest absolute Gasteiger partial charge is 0.143 e. The lowest BCUT2D eigenvalue weighted by atomic mass is 9.90. The number of rotatable bonds is 6. The van der Waals surface area contributed by atoms with Crippen LogP contribution in [0.25, 0.3) is 160 Å². The van der Waals surface area contributed by atoms with Crippen LogP contribution < -0.4 is 0 Å². The van der Waals surface area contributed by atoms with E-state index in [0.717, 1.165) is 94.3 Å². The first-order valence-corrected chi connectivity index (χ1v) is 26.3. The molecule has 0 atom stereocenters. The number of benzene rings is 12. The second-order valence-corrected chi connectivity index (χ2v) is 20.4. The molecule has 5 heterocycles. The molecule has 0 saturated carbocycles. The molecule has 17 rings (SSSR count). The van der Waals surface area contributed by atoms with E-state index in [1.807, 2.05) is 0 Å². The predicted octanol–water partition coefficient (Wildman–Crippen LogP) is 19.8. The summed E-state index contributed by atoms with van der Waals surface area (Å²) >= 11 is 0. The molecule has 0 fully saturated rings. The minimum atomic E-state index is 0.831. The highest BCUT2D eigenvalue weighted by Crippen LogP contribution is 2.47. The van der Waals surface area contributed by atoms with Gasteiger partial charge in [0.15, 0.2) is 0 Å². The van der Waals surface area contributed by atoms with Gasteiger partial charge in [0.05, 0.1) is 33.1 Å².